The first-order valence-electron chi connectivity index (χ1n) is 5.63. The Balaban J connectivity index is 2.65. The Bertz CT molecular complexity index is 311. The second-order valence-electron chi connectivity index (χ2n) is 4.00. The van der Waals surface area contributed by atoms with E-state index in [2.05, 4.69) is 0 Å². The fourth-order valence-corrected chi connectivity index (χ4v) is 1.75. The number of benzene rings is 1. The molecule has 16 heavy (non-hydrogen) atoms. The lowest BCUT2D eigenvalue weighted by Gasteiger charge is -2.13. The third kappa shape index (κ3) is 3.51. The Hall–Kier alpha value is -1.06. The van der Waals surface area contributed by atoms with Crippen molar-refractivity contribution in [2.75, 3.05) is 13.2 Å². The van der Waals surface area contributed by atoms with E-state index >= 15 is 0 Å². The van der Waals surface area contributed by atoms with Gasteiger partial charge in [0.05, 0.1) is 13.2 Å². The highest BCUT2D eigenvalue weighted by atomic mass is 16.5. The van der Waals surface area contributed by atoms with E-state index in [0.717, 1.165) is 35.3 Å². The molecule has 1 rings (SSSR count). The van der Waals surface area contributed by atoms with Crippen molar-refractivity contribution in [3.63, 3.8) is 0 Å². The van der Waals surface area contributed by atoms with Gasteiger partial charge in [0.2, 0.25) is 0 Å². The second kappa shape index (κ2) is 6.51. The van der Waals surface area contributed by atoms with Crippen molar-refractivity contribution in [1.82, 2.24) is 0 Å². The minimum atomic E-state index is 0.0620. The molecule has 0 heterocycles. The van der Waals surface area contributed by atoms with E-state index in [1.807, 2.05) is 26.0 Å². The van der Waals surface area contributed by atoms with Crippen LogP contribution in [-0.4, -0.2) is 23.4 Å². The summed E-state index contributed by atoms with van der Waals surface area (Å²) < 4.78 is 5.68. The molecule has 0 atom stereocenters. The van der Waals surface area contributed by atoms with Gasteiger partial charge in [0, 0.05) is 6.61 Å². The molecule has 0 aliphatic carbocycles. The van der Waals surface area contributed by atoms with Gasteiger partial charge in [-0.05, 0) is 43.4 Å². The molecule has 0 aliphatic heterocycles. The van der Waals surface area contributed by atoms with Crippen LogP contribution in [0.25, 0.3) is 0 Å². The maximum atomic E-state index is 9.05. The van der Waals surface area contributed by atoms with E-state index in [1.165, 1.54) is 0 Å². The van der Waals surface area contributed by atoms with Crippen LogP contribution < -0.4 is 4.74 Å². The van der Waals surface area contributed by atoms with Crippen LogP contribution in [0.5, 0.6) is 5.75 Å². The van der Waals surface area contributed by atoms with Crippen LogP contribution in [0.4, 0.5) is 0 Å². The molecular weight excluding hydrogens is 204 g/mol. The quantitative estimate of drug-likeness (QED) is 0.726. The summed E-state index contributed by atoms with van der Waals surface area (Å²) in [5.74, 6) is 0.898. The zero-order chi connectivity index (χ0) is 12.0. The third-order valence-corrected chi connectivity index (χ3v) is 2.50. The predicted molar refractivity (Wildman–Crippen MR) is 63.7 cm³/mol. The van der Waals surface area contributed by atoms with Crippen LogP contribution in [0, 0.1) is 13.8 Å². The summed E-state index contributed by atoms with van der Waals surface area (Å²) in [6, 6.07) is 3.88. The molecule has 0 unspecified atom stereocenters. The van der Waals surface area contributed by atoms with Crippen LogP contribution in [0.2, 0.25) is 0 Å². The van der Waals surface area contributed by atoms with Crippen LogP contribution in [0.3, 0.4) is 0 Å². The number of aliphatic hydroxyl groups is 2. The molecular formula is C13H20O3. The summed E-state index contributed by atoms with van der Waals surface area (Å²) in [5.41, 5.74) is 3.01. The Kier molecular flexibility index (Phi) is 5.29. The van der Waals surface area contributed by atoms with Gasteiger partial charge in [0.15, 0.2) is 0 Å². The van der Waals surface area contributed by atoms with Gasteiger partial charge >= 0.3 is 0 Å². The van der Waals surface area contributed by atoms with Crippen molar-refractivity contribution in [3.05, 3.63) is 28.8 Å². The average molecular weight is 224 g/mol. The lowest BCUT2D eigenvalue weighted by molar-refractivity contribution is 0.251. The molecule has 0 saturated carbocycles. The molecule has 0 aromatic heterocycles. The number of aliphatic hydroxyl groups excluding tert-OH is 2. The highest BCUT2D eigenvalue weighted by molar-refractivity contribution is 5.43. The zero-order valence-corrected chi connectivity index (χ0v) is 9.99. The lowest BCUT2D eigenvalue weighted by atomic mass is 10.1. The lowest BCUT2D eigenvalue weighted by Crippen LogP contribution is -2.02. The molecule has 2 N–H and O–H groups in total. The molecule has 0 bridgehead atoms. The van der Waals surface area contributed by atoms with Crippen LogP contribution in [0.1, 0.15) is 29.5 Å². The summed E-state index contributed by atoms with van der Waals surface area (Å²) in [6.45, 7) is 4.86. The maximum absolute atomic E-state index is 9.05. The summed E-state index contributed by atoms with van der Waals surface area (Å²) >= 11 is 0. The zero-order valence-electron chi connectivity index (χ0n) is 9.99. The van der Waals surface area contributed by atoms with E-state index in [1.54, 1.807) is 0 Å². The number of unbranched alkanes of at least 4 members (excludes halogenated alkanes) is 1. The number of aryl methyl sites for hydroxylation is 2. The molecule has 1 aromatic rings. The van der Waals surface area contributed by atoms with Gasteiger partial charge in [-0.25, -0.2) is 0 Å². The second-order valence-corrected chi connectivity index (χ2v) is 4.00. The monoisotopic (exact) mass is 224 g/mol. The topological polar surface area (TPSA) is 49.7 Å². The Morgan fingerprint density at radius 2 is 1.69 bits per heavy atom. The predicted octanol–water partition coefficient (Wildman–Crippen LogP) is 1.95. The van der Waals surface area contributed by atoms with Gasteiger partial charge in [0.1, 0.15) is 5.75 Å². The standard InChI is InChI=1S/C13H20O3/c1-10-7-12(9-15)8-11(2)13(10)16-6-4-3-5-14/h7-8,14-15H,3-6,9H2,1-2H3. The summed E-state index contributed by atoms with van der Waals surface area (Å²) in [4.78, 5) is 0. The van der Waals surface area contributed by atoms with Crippen LogP contribution >= 0.6 is 0 Å². The normalized spacial score (nSPS) is 10.5. The summed E-state index contributed by atoms with van der Waals surface area (Å²) in [7, 11) is 0. The van der Waals surface area contributed by atoms with Crippen LogP contribution in [-0.2, 0) is 6.61 Å². The van der Waals surface area contributed by atoms with Crippen molar-refractivity contribution >= 4 is 0 Å². The van der Waals surface area contributed by atoms with Crippen molar-refractivity contribution in [2.45, 2.75) is 33.3 Å². The smallest absolute Gasteiger partial charge is 0.125 e. The Morgan fingerprint density at radius 3 is 2.19 bits per heavy atom. The Labute approximate surface area is 96.7 Å². The maximum Gasteiger partial charge on any atom is 0.125 e. The molecule has 3 heteroatoms. The minimum absolute atomic E-state index is 0.0620. The molecule has 0 aliphatic rings. The van der Waals surface area contributed by atoms with Crippen molar-refractivity contribution < 1.29 is 14.9 Å². The minimum Gasteiger partial charge on any atom is -0.493 e. The molecule has 1 aromatic carbocycles. The van der Waals surface area contributed by atoms with Gasteiger partial charge in [-0.15, -0.1) is 0 Å². The molecule has 0 saturated heterocycles. The van der Waals surface area contributed by atoms with E-state index in [0.29, 0.717) is 6.61 Å². The highest BCUT2D eigenvalue weighted by Gasteiger charge is 2.05. The van der Waals surface area contributed by atoms with E-state index in [-0.39, 0.29) is 13.2 Å². The van der Waals surface area contributed by atoms with E-state index in [4.69, 9.17) is 14.9 Å². The van der Waals surface area contributed by atoms with Gasteiger partial charge in [-0.1, -0.05) is 12.1 Å². The number of rotatable bonds is 6. The van der Waals surface area contributed by atoms with E-state index in [9.17, 15) is 0 Å². The van der Waals surface area contributed by atoms with Crippen molar-refractivity contribution in [3.8, 4) is 5.75 Å². The van der Waals surface area contributed by atoms with Gasteiger partial charge in [0.25, 0.3) is 0 Å². The molecule has 90 valence electrons. The average Bonchev–Trinajstić information content (AvgIpc) is 2.26. The van der Waals surface area contributed by atoms with E-state index < -0.39 is 0 Å². The molecule has 3 nitrogen and oxygen atoms in total. The van der Waals surface area contributed by atoms with Crippen molar-refractivity contribution in [2.24, 2.45) is 0 Å². The fraction of sp³-hybridized carbons (Fsp3) is 0.538. The van der Waals surface area contributed by atoms with Crippen LogP contribution in [0.15, 0.2) is 12.1 Å². The van der Waals surface area contributed by atoms with Crippen molar-refractivity contribution in [1.29, 1.82) is 0 Å². The third-order valence-electron chi connectivity index (χ3n) is 2.50. The number of hydrogen-bond donors (Lipinski definition) is 2. The summed E-state index contributed by atoms with van der Waals surface area (Å²) in [6.07, 6.45) is 1.63. The number of ether oxygens (including phenoxy) is 1. The Morgan fingerprint density at radius 1 is 1.06 bits per heavy atom. The first-order chi connectivity index (χ1) is 7.69. The van der Waals surface area contributed by atoms with Gasteiger partial charge in [-0.2, -0.15) is 0 Å². The fourth-order valence-electron chi connectivity index (χ4n) is 1.75. The highest BCUT2D eigenvalue weighted by Crippen LogP contribution is 2.25. The van der Waals surface area contributed by atoms with Gasteiger partial charge < -0.3 is 14.9 Å². The molecule has 0 fully saturated rings. The number of hydrogen-bond acceptors (Lipinski definition) is 3. The van der Waals surface area contributed by atoms with Gasteiger partial charge in [-0.3, -0.25) is 0 Å². The molecule has 0 amide bonds. The molecule has 0 spiro atoms. The molecule has 0 radical (unpaired) electrons. The summed E-state index contributed by atoms with van der Waals surface area (Å²) in [5, 5.41) is 17.7. The largest absolute Gasteiger partial charge is 0.493 e. The SMILES string of the molecule is Cc1cc(CO)cc(C)c1OCCCCO. The first kappa shape index (κ1) is 13.0. The first-order valence-corrected chi connectivity index (χ1v) is 5.63.